The minimum absolute atomic E-state index is 0.0831. The fourth-order valence-corrected chi connectivity index (χ4v) is 4.99. The zero-order valence-corrected chi connectivity index (χ0v) is 26.7. The Hall–Kier alpha value is -3.90. The molecule has 0 radical (unpaired) electrons. The van der Waals surface area contributed by atoms with Crippen LogP contribution in [0.15, 0.2) is 60.7 Å². The number of halogens is 2. The van der Waals surface area contributed by atoms with Gasteiger partial charge < -0.3 is 29.5 Å². The molecule has 2 amide bonds. The van der Waals surface area contributed by atoms with Crippen LogP contribution in [-0.4, -0.2) is 65.9 Å². The van der Waals surface area contributed by atoms with E-state index in [9.17, 15) is 24.8 Å². The molecule has 0 saturated carbocycles. The van der Waals surface area contributed by atoms with Gasteiger partial charge in [0.1, 0.15) is 12.4 Å². The van der Waals surface area contributed by atoms with Crippen LogP contribution in [0.2, 0.25) is 10.0 Å². The van der Waals surface area contributed by atoms with E-state index in [0.29, 0.717) is 66.3 Å². The molecule has 3 aromatic rings. The molecule has 0 aliphatic heterocycles. The molecule has 11 nitrogen and oxygen atoms in total. The number of urea groups is 1. The van der Waals surface area contributed by atoms with Crippen LogP contribution in [0.5, 0.6) is 5.75 Å². The summed E-state index contributed by atoms with van der Waals surface area (Å²) in [5.74, 6) is -0.459. The first-order valence-electron chi connectivity index (χ1n) is 14.5. The van der Waals surface area contributed by atoms with Crippen molar-refractivity contribution < 1.29 is 33.8 Å². The Bertz CT molecular complexity index is 1420. The van der Waals surface area contributed by atoms with Gasteiger partial charge in [0.15, 0.2) is 6.10 Å². The first-order chi connectivity index (χ1) is 21.5. The normalized spacial score (nSPS) is 11.6. The summed E-state index contributed by atoms with van der Waals surface area (Å²) in [5, 5.41) is 24.5. The van der Waals surface area contributed by atoms with Crippen LogP contribution in [-0.2, 0) is 27.3 Å². The van der Waals surface area contributed by atoms with E-state index in [4.69, 9.17) is 37.4 Å². The number of aliphatic carboxylic acids is 1. The van der Waals surface area contributed by atoms with E-state index in [1.54, 1.807) is 73.3 Å². The molecule has 45 heavy (non-hydrogen) atoms. The molecule has 242 valence electrons. The summed E-state index contributed by atoms with van der Waals surface area (Å²) in [4.78, 5) is 37.0. The van der Waals surface area contributed by atoms with Crippen LogP contribution < -0.4 is 10.1 Å². The molecule has 2 N–H and O–H groups in total. The summed E-state index contributed by atoms with van der Waals surface area (Å²) in [6, 6.07) is 16.4. The number of aryl methyl sites for hydroxylation is 1. The van der Waals surface area contributed by atoms with Crippen molar-refractivity contribution in [2.75, 3.05) is 38.2 Å². The molecular weight excluding hydrogens is 625 g/mol. The maximum Gasteiger partial charge on any atom is 0.333 e. The van der Waals surface area contributed by atoms with Crippen LogP contribution in [0.25, 0.3) is 0 Å². The van der Waals surface area contributed by atoms with Crippen molar-refractivity contribution >= 4 is 46.6 Å². The lowest BCUT2D eigenvalue weighted by Gasteiger charge is -2.23. The van der Waals surface area contributed by atoms with Gasteiger partial charge in [-0.1, -0.05) is 41.4 Å². The standard InChI is InChI=1S/C32H37Cl2N3O8/c1-3-44-30(31(38)39)18-23-7-10-28(11-8-23)45-15-13-36(32(40)35-27-9-6-22(2)29(20-27)37(41)42)12-4-5-14-43-21-24-16-25(33)19-26(34)17-24/h6-11,16-17,19-20,30H,3-5,12-15,18,21H2,1-2H3,(H,35,40)(H,38,39). The van der Waals surface area contributed by atoms with E-state index < -0.39 is 23.0 Å². The highest BCUT2D eigenvalue weighted by Gasteiger charge is 2.19. The first kappa shape index (κ1) is 35.6. The molecule has 13 heteroatoms. The fraction of sp³-hybridized carbons (Fsp3) is 0.375. The van der Waals surface area contributed by atoms with Crippen LogP contribution in [0.1, 0.15) is 36.5 Å². The molecular formula is C32H37Cl2N3O8. The van der Waals surface area contributed by atoms with Gasteiger partial charge in [-0.3, -0.25) is 10.1 Å². The zero-order valence-electron chi connectivity index (χ0n) is 25.2. The van der Waals surface area contributed by atoms with Crippen molar-refractivity contribution in [3.8, 4) is 5.75 Å². The molecule has 0 spiro atoms. The number of anilines is 1. The van der Waals surface area contributed by atoms with Gasteiger partial charge in [-0.25, -0.2) is 9.59 Å². The lowest BCUT2D eigenvalue weighted by molar-refractivity contribution is -0.385. The number of hydrogen-bond donors (Lipinski definition) is 2. The van der Waals surface area contributed by atoms with Crippen molar-refractivity contribution in [1.29, 1.82) is 0 Å². The number of nitro benzene ring substituents is 1. The second-order valence-electron chi connectivity index (χ2n) is 10.2. The maximum atomic E-state index is 13.2. The number of carboxylic acids is 1. The number of carbonyl (C=O) groups excluding carboxylic acids is 1. The van der Waals surface area contributed by atoms with E-state index in [-0.39, 0.29) is 25.3 Å². The number of unbranched alkanes of at least 4 members (excludes halogenated alkanes) is 1. The highest BCUT2D eigenvalue weighted by Crippen LogP contribution is 2.23. The Morgan fingerprint density at radius 1 is 0.978 bits per heavy atom. The van der Waals surface area contributed by atoms with Gasteiger partial charge in [0.05, 0.1) is 18.1 Å². The molecule has 0 saturated heterocycles. The van der Waals surface area contributed by atoms with Crippen LogP contribution in [0, 0.1) is 17.0 Å². The summed E-state index contributed by atoms with van der Waals surface area (Å²) in [6.07, 6.45) is 0.613. The Morgan fingerprint density at radius 3 is 2.33 bits per heavy atom. The maximum absolute atomic E-state index is 13.2. The number of ether oxygens (including phenoxy) is 3. The zero-order chi connectivity index (χ0) is 32.8. The summed E-state index contributed by atoms with van der Waals surface area (Å²) >= 11 is 12.1. The van der Waals surface area contributed by atoms with Crippen molar-refractivity contribution in [2.45, 2.75) is 45.8 Å². The van der Waals surface area contributed by atoms with Crippen molar-refractivity contribution in [3.63, 3.8) is 0 Å². The third kappa shape index (κ3) is 12.2. The highest BCUT2D eigenvalue weighted by molar-refractivity contribution is 6.34. The predicted octanol–water partition coefficient (Wildman–Crippen LogP) is 7.15. The van der Waals surface area contributed by atoms with Crippen LogP contribution in [0.4, 0.5) is 16.2 Å². The lowest BCUT2D eigenvalue weighted by Crippen LogP contribution is -2.38. The van der Waals surface area contributed by atoms with Gasteiger partial charge >= 0.3 is 12.0 Å². The Labute approximate surface area is 272 Å². The Balaban J connectivity index is 1.56. The van der Waals surface area contributed by atoms with Gasteiger partial charge in [-0.05, 0) is 74.2 Å². The minimum Gasteiger partial charge on any atom is -0.492 e. The van der Waals surface area contributed by atoms with Crippen molar-refractivity contribution in [1.82, 2.24) is 4.90 Å². The predicted molar refractivity (Wildman–Crippen MR) is 172 cm³/mol. The molecule has 3 aromatic carbocycles. The molecule has 1 atom stereocenters. The molecule has 3 rings (SSSR count). The fourth-order valence-electron chi connectivity index (χ4n) is 4.42. The average molecular weight is 663 g/mol. The lowest BCUT2D eigenvalue weighted by atomic mass is 10.1. The number of carbonyl (C=O) groups is 2. The van der Waals surface area contributed by atoms with E-state index in [0.717, 1.165) is 11.1 Å². The number of benzene rings is 3. The van der Waals surface area contributed by atoms with Gasteiger partial charge in [0, 0.05) is 53.5 Å². The Kier molecular flexibility index (Phi) is 14.4. The van der Waals surface area contributed by atoms with Gasteiger partial charge in [0.25, 0.3) is 5.69 Å². The second-order valence-corrected chi connectivity index (χ2v) is 11.1. The molecule has 0 aliphatic rings. The summed E-state index contributed by atoms with van der Waals surface area (Å²) in [5.41, 5.74) is 2.37. The number of nitro groups is 1. The van der Waals surface area contributed by atoms with E-state index in [2.05, 4.69) is 5.32 Å². The van der Waals surface area contributed by atoms with Crippen molar-refractivity contribution in [3.05, 3.63) is 97.5 Å². The number of nitrogens with one attached hydrogen (secondary N) is 1. The molecule has 0 aromatic heterocycles. The van der Waals surface area contributed by atoms with Crippen LogP contribution >= 0.6 is 23.2 Å². The number of hydrogen-bond acceptors (Lipinski definition) is 7. The summed E-state index contributed by atoms with van der Waals surface area (Å²) in [6.45, 7) is 5.31. The highest BCUT2D eigenvalue weighted by atomic mass is 35.5. The monoisotopic (exact) mass is 661 g/mol. The van der Waals surface area contributed by atoms with Gasteiger partial charge in [-0.2, -0.15) is 0 Å². The number of carboxylic acid groups (broad SMARTS) is 1. The summed E-state index contributed by atoms with van der Waals surface area (Å²) < 4.78 is 16.9. The largest absolute Gasteiger partial charge is 0.492 e. The molecule has 0 aliphatic carbocycles. The quantitative estimate of drug-likeness (QED) is 0.0832. The number of amides is 2. The molecule has 0 fully saturated rings. The third-order valence-electron chi connectivity index (χ3n) is 6.72. The van der Waals surface area contributed by atoms with E-state index >= 15 is 0 Å². The topological polar surface area (TPSA) is 140 Å². The average Bonchev–Trinajstić information content (AvgIpc) is 2.98. The number of rotatable bonds is 18. The summed E-state index contributed by atoms with van der Waals surface area (Å²) in [7, 11) is 0. The van der Waals surface area contributed by atoms with E-state index in [1.165, 1.54) is 6.07 Å². The first-order valence-corrected chi connectivity index (χ1v) is 15.2. The second kappa shape index (κ2) is 18.2. The molecule has 0 heterocycles. The molecule has 1 unspecified atom stereocenters. The van der Waals surface area contributed by atoms with E-state index in [1.807, 2.05) is 0 Å². The molecule has 0 bridgehead atoms. The Morgan fingerprint density at radius 2 is 1.69 bits per heavy atom. The van der Waals surface area contributed by atoms with Gasteiger partial charge in [-0.15, -0.1) is 0 Å². The smallest absolute Gasteiger partial charge is 0.333 e. The minimum atomic E-state index is -1.02. The van der Waals surface area contributed by atoms with Crippen molar-refractivity contribution in [2.24, 2.45) is 0 Å². The van der Waals surface area contributed by atoms with Gasteiger partial charge in [0.2, 0.25) is 0 Å². The van der Waals surface area contributed by atoms with Crippen LogP contribution in [0.3, 0.4) is 0 Å². The third-order valence-corrected chi connectivity index (χ3v) is 7.16. The number of nitrogens with zero attached hydrogens (tertiary/aromatic N) is 2. The SMILES string of the molecule is CCOC(Cc1ccc(OCCN(CCCCOCc2cc(Cl)cc(Cl)c2)C(=O)Nc2ccc(C)c([N+](=O)[O-])c2)cc1)C(=O)O.